The van der Waals surface area contributed by atoms with Crippen LogP contribution in [-0.4, -0.2) is 76.0 Å². The van der Waals surface area contributed by atoms with Crippen molar-refractivity contribution in [2.24, 2.45) is 10.1 Å². The molecular formula is C32H38N6O5S3. The molecule has 0 aliphatic carbocycles. The van der Waals surface area contributed by atoms with Crippen LogP contribution >= 0.6 is 11.8 Å². The predicted octanol–water partition coefficient (Wildman–Crippen LogP) is 5.15. The number of amidine groups is 1. The number of thioether (sulfide) groups is 1. The van der Waals surface area contributed by atoms with Gasteiger partial charge < -0.3 is 4.90 Å². The number of carbonyl (C=O) groups is 1. The van der Waals surface area contributed by atoms with Crippen LogP contribution in [0.1, 0.15) is 42.5 Å². The molecule has 0 radical (unpaired) electrons. The van der Waals surface area contributed by atoms with Gasteiger partial charge in [-0.1, -0.05) is 30.0 Å². The number of hydrogen-bond acceptors (Lipinski definition) is 8. The number of benzene rings is 3. The van der Waals surface area contributed by atoms with Crippen molar-refractivity contribution in [3.63, 3.8) is 0 Å². The van der Waals surface area contributed by atoms with E-state index in [-0.39, 0.29) is 5.24 Å². The summed E-state index contributed by atoms with van der Waals surface area (Å²) in [7, 11) is -5.10. The van der Waals surface area contributed by atoms with Gasteiger partial charge in [0.2, 0.25) is 20.0 Å². The number of aliphatic imine (C=N–C) groups is 1. The van der Waals surface area contributed by atoms with Crippen LogP contribution in [0.3, 0.4) is 0 Å². The fraction of sp³-hybridized carbons (Fsp3) is 0.344. The maximum absolute atomic E-state index is 12.3. The number of carbonyl (C=O) groups excluding carboxylic acids is 1. The zero-order valence-electron chi connectivity index (χ0n) is 26.4. The Morgan fingerprint density at radius 2 is 1.54 bits per heavy atom. The van der Waals surface area contributed by atoms with Crippen molar-refractivity contribution in [1.82, 2.24) is 5.01 Å². The number of anilines is 3. The third-order valence-electron chi connectivity index (χ3n) is 7.52. The summed E-state index contributed by atoms with van der Waals surface area (Å²) in [5, 5.41) is 5.93. The molecule has 2 heterocycles. The number of amides is 1. The van der Waals surface area contributed by atoms with Crippen molar-refractivity contribution in [3.8, 4) is 0 Å². The summed E-state index contributed by atoms with van der Waals surface area (Å²) >= 11 is 1.26. The lowest BCUT2D eigenvalue weighted by Crippen LogP contribution is -2.40. The lowest BCUT2D eigenvalue weighted by molar-refractivity contribution is 0.234. The van der Waals surface area contributed by atoms with Gasteiger partial charge in [-0.25, -0.2) is 21.8 Å². The second-order valence-electron chi connectivity index (χ2n) is 11.9. The lowest BCUT2D eigenvalue weighted by Gasteiger charge is -2.35. The Kier molecular flexibility index (Phi) is 9.52. The molecule has 2 N–H and O–H groups in total. The Morgan fingerprint density at radius 1 is 0.935 bits per heavy atom. The molecule has 0 spiro atoms. The van der Waals surface area contributed by atoms with Crippen molar-refractivity contribution in [1.29, 1.82) is 0 Å². The van der Waals surface area contributed by atoms with Crippen molar-refractivity contribution in [2.45, 2.75) is 37.9 Å². The molecule has 244 valence electrons. The maximum atomic E-state index is 12.3. The Hall–Kier alpha value is -3.88. The SMILES string of the molecule is CN1N=C(c2ccc3c(c2)CCCN3C(=NCCc2ccc(NS(C)(=O)=O)cc2)c2ccc(NS(C)(=O)=O)cc2)C(C)(C)SC1=O. The van der Waals surface area contributed by atoms with E-state index >= 15 is 0 Å². The fourth-order valence-corrected chi connectivity index (χ4v) is 7.49. The zero-order chi connectivity index (χ0) is 33.3. The molecule has 3 aromatic rings. The van der Waals surface area contributed by atoms with Gasteiger partial charge in [-0.2, -0.15) is 5.10 Å². The third-order valence-corrected chi connectivity index (χ3v) is 9.88. The van der Waals surface area contributed by atoms with Crippen molar-refractivity contribution in [2.75, 3.05) is 47.0 Å². The fourth-order valence-electron chi connectivity index (χ4n) is 5.49. The molecular weight excluding hydrogens is 645 g/mol. The van der Waals surface area contributed by atoms with Crippen LogP contribution in [0.15, 0.2) is 76.8 Å². The molecule has 0 unspecified atom stereocenters. The molecule has 14 heteroatoms. The highest BCUT2D eigenvalue weighted by atomic mass is 32.2. The number of fused-ring (bicyclic) bond motifs is 1. The van der Waals surface area contributed by atoms with E-state index in [0.717, 1.165) is 71.4 Å². The van der Waals surface area contributed by atoms with Crippen LogP contribution < -0.4 is 14.3 Å². The Bertz CT molecular complexity index is 1910. The molecule has 2 aliphatic rings. The van der Waals surface area contributed by atoms with Crippen LogP contribution in [0.25, 0.3) is 0 Å². The van der Waals surface area contributed by atoms with Gasteiger partial charge in [0.15, 0.2) is 0 Å². The average Bonchev–Trinajstić information content (AvgIpc) is 2.96. The minimum absolute atomic E-state index is 0.0852. The van der Waals surface area contributed by atoms with E-state index in [1.807, 2.05) is 44.2 Å². The van der Waals surface area contributed by atoms with E-state index in [0.29, 0.717) is 24.3 Å². The molecule has 46 heavy (non-hydrogen) atoms. The minimum atomic E-state index is -3.42. The number of nitrogens with zero attached hydrogens (tertiary/aromatic N) is 4. The molecule has 0 bridgehead atoms. The standard InChI is InChI=1S/C32H38N6O5S3/c1-32(2)29(34-37(3)31(39)44-32)25-12-17-28-24(21-25)7-6-20-38(28)30(23-10-15-27(16-11-23)36-46(5,42)43)33-19-18-22-8-13-26(14-9-22)35-45(4,40)41/h8-17,21,35-36H,6-7,18-20H2,1-5H3. The van der Waals surface area contributed by atoms with Gasteiger partial charge in [-0.05, 0) is 98.3 Å². The van der Waals surface area contributed by atoms with Gasteiger partial charge in [-0.3, -0.25) is 19.2 Å². The monoisotopic (exact) mass is 682 g/mol. The van der Waals surface area contributed by atoms with Crippen molar-refractivity contribution in [3.05, 3.63) is 89.0 Å². The highest BCUT2D eigenvalue weighted by Crippen LogP contribution is 2.37. The number of hydrogen-bond donors (Lipinski definition) is 2. The molecule has 11 nitrogen and oxygen atoms in total. The van der Waals surface area contributed by atoms with Crippen LogP contribution in [0, 0.1) is 0 Å². The summed E-state index contributed by atoms with van der Waals surface area (Å²) in [5.41, 5.74) is 6.84. The number of aryl methyl sites for hydroxylation is 1. The van der Waals surface area contributed by atoms with E-state index in [2.05, 4.69) is 31.6 Å². The third kappa shape index (κ3) is 8.28. The molecule has 5 rings (SSSR count). The number of hydrazone groups is 1. The summed E-state index contributed by atoms with van der Waals surface area (Å²) in [6.45, 7) is 5.25. The van der Waals surface area contributed by atoms with E-state index in [4.69, 9.17) is 4.99 Å². The normalized spacial score (nSPS) is 16.9. The van der Waals surface area contributed by atoms with Gasteiger partial charge >= 0.3 is 5.24 Å². The van der Waals surface area contributed by atoms with E-state index in [1.54, 1.807) is 31.3 Å². The first-order valence-corrected chi connectivity index (χ1v) is 19.3. The van der Waals surface area contributed by atoms with Gasteiger partial charge in [0.25, 0.3) is 0 Å². The summed E-state index contributed by atoms with van der Waals surface area (Å²) in [4.78, 5) is 19.6. The Labute approximate surface area is 275 Å². The highest BCUT2D eigenvalue weighted by Gasteiger charge is 2.37. The highest BCUT2D eigenvalue weighted by molar-refractivity contribution is 8.15. The second-order valence-corrected chi connectivity index (χ2v) is 17.0. The quantitative estimate of drug-likeness (QED) is 0.235. The predicted molar refractivity (Wildman–Crippen MR) is 188 cm³/mol. The molecule has 0 saturated heterocycles. The molecule has 0 aromatic heterocycles. The summed E-state index contributed by atoms with van der Waals surface area (Å²) < 4.78 is 51.2. The van der Waals surface area contributed by atoms with Gasteiger partial charge in [-0.15, -0.1) is 0 Å². The topological polar surface area (TPSA) is 141 Å². The first kappa shape index (κ1) is 33.5. The minimum Gasteiger partial charge on any atom is -0.326 e. The number of sulfonamides is 2. The van der Waals surface area contributed by atoms with Crippen LogP contribution in [0.4, 0.5) is 21.9 Å². The molecule has 3 aromatic carbocycles. The summed E-state index contributed by atoms with van der Waals surface area (Å²) in [6.07, 6.45) is 4.65. The molecule has 0 saturated carbocycles. The largest absolute Gasteiger partial charge is 0.326 e. The summed E-state index contributed by atoms with van der Waals surface area (Å²) in [6, 6.07) is 20.7. The van der Waals surface area contributed by atoms with E-state index in [9.17, 15) is 21.6 Å². The smallest absolute Gasteiger partial charge is 0.302 e. The van der Waals surface area contributed by atoms with Crippen LogP contribution in [-0.2, 0) is 32.9 Å². The zero-order valence-corrected chi connectivity index (χ0v) is 28.9. The summed E-state index contributed by atoms with van der Waals surface area (Å²) in [5.74, 6) is 0.770. The number of rotatable bonds is 9. The van der Waals surface area contributed by atoms with E-state index < -0.39 is 24.8 Å². The van der Waals surface area contributed by atoms with Gasteiger partial charge in [0.1, 0.15) is 5.84 Å². The first-order chi connectivity index (χ1) is 21.6. The van der Waals surface area contributed by atoms with Crippen molar-refractivity contribution < 1.29 is 21.6 Å². The Balaban J connectivity index is 1.46. The molecule has 2 aliphatic heterocycles. The lowest BCUT2D eigenvalue weighted by atomic mass is 9.93. The van der Waals surface area contributed by atoms with Crippen LogP contribution in [0.2, 0.25) is 0 Å². The average molecular weight is 683 g/mol. The molecule has 0 fully saturated rings. The maximum Gasteiger partial charge on any atom is 0.302 e. The van der Waals surface area contributed by atoms with Crippen molar-refractivity contribution >= 4 is 65.7 Å². The van der Waals surface area contributed by atoms with Crippen LogP contribution in [0.5, 0.6) is 0 Å². The van der Waals surface area contributed by atoms with E-state index in [1.165, 1.54) is 16.8 Å². The second kappa shape index (κ2) is 13.1. The number of nitrogens with one attached hydrogen (secondary N) is 2. The van der Waals surface area contributed by atoms with Gasteiger partial charge in [0, 0.05) is 42.8 Å². The first-order valence-electron chi connectivity index (χ1n) is 14.7. The molecule has 0 atom stereocenters. The van der Waals surface area contributed by atoms with Gasteiger partial charge in [0.05, 0.1) is 23.0 Å². The Morgan fingerprint density at radius 3 is 2.15 bits per heavy atom. The molecule has 1 amide bonds.